The van der Waals surface area contributed by atoms with Crippen LogP contribution in [-0.2, 0) is 31.8 Å². The van der Waals surface area contributed by atoms with Gasteiger partial charge in [-0.05, 0) is 0 Å². The second-order valence-electron chi connectivity index (χ2n) is 5.70. The Morgan fingerprint density at radius 2 is 1.12 bits per heavy atom. The third-order valence-electron chi connectivity index (χ3n) is 3.42. The number of hydrogen-bond donors (Lipinski definition) is 7. The van der Waals surface area contributed by atoms with Gasteiger partial charge in [-0.2, -0.15) is 0 Å². The molecule has 0 spiro atoms. The van der Waals surface area contributed by atoms with E-state index in [1.54, 1.807) is 0 Å². The standard InChI is InChI=1S/C9H21O17P3.3Na/c10-1-3(11)2-23-29(21,22)26-7-4(12)5(13)8(24-27(15,16)17)9(6(7)14)25-28(18,19)20;;;/h3-14H,1-2H2,(H,21,22)(H2,15,16,17)(H2,18,19,20);;;/q;3*+1/p-3/t3-,4-,5+,6+,7-,8-,9-;;;/m1.../s1. The number of phosphoric ester groups is 3. The smallest absolute Gasteiger partial charge is 0.756 e. The van der Waals surface area contributed by atoms with Crippen LogP contribution in [0, 0.1) is 0 Å². The van der Waals surface area contributed by atoms with Crippen LogP contribution in [0.3, 0.4) is 0 Å². The second kappa shape index (κ2) is 16.2. The minimum Gasteiger partial charge on any atom is -0.756 e. The molecule has 10 atom stereocenters. The molecule has 0 aromatic heterocycles. The molecule has 23 heteroatoms. The van der Waals surface area contributed by atoms with Gasteiger partial charge in [0.1, 0.15) is 42.7 Å². The summed E-state index contributed by atoms with van der Waals surface area (Å²) < 4.78 is 50.0. The maximum Gasteiger partial charge on any atom is 1.00 e. The van der Waals surface area contributed by atoms with Crippen LogP contribution in [-0.4, -0.2) is 91.3 Å². The molecule has 3 unspecified atom stereocenters. The first-order chi connectivity index (χ1) is 13.0. The van der Waals surface area contributed by atoms with E-state index < -0.39 is 79.4 Å². The number of rotatable bonds is 10. The Hall–Kier alpha value is 3.13. The van der Waals surface area contributed by atoms with Crippen molar-refractivity contribution < 1.29 is 170 Å². The van der Waals surface area contributed by atoms with Gasteiger partial charge in [-0.1, -0.05) is 0 Å². The molecule has 0 radical (unpaired) electrons. The third-order valence-corrected chi connectivity index (χ3v) is 5.40. The van der Waals surface area contributed by atoms with Crippen LogP contribution < -0.4 is 103 Å². The van der Waals surface area contributed by atoms with Crippen LogP contribution in [0.25, 0.3) is 0 Å². The van der Waals surface area contributed by atoms with E-state index in [2.05, 4.69) is 18.1 Å². The van der Waals surface area contributed by atoms with Crippen LogP contribution in [0.15, 0.2) is 0 Å². The largest absolute Gasteiger partial charge is 1.00 e. The van der Waals surface area contributed by atoms with Gasteiger partial charge in [-0.3, -0.25) is 13.7 Å². The molecule has 0 aliphatic heterocycles. The van der Waals surface area contributed by atoms with E-state index >= 15 is 0 Å². The van der Waals surface area contributed by atoms with Gasteiger partial charge in [-0.25, -0.2) is 0 Å². The van der Waals surface area contributed by atoms with E-state index in [0.29, 0.717) is 0 Å². The van der Waals surface area contributed by atoms with Gasteiger partial charge < -0.3 is 68.1 Å². The summed E-state index contributed by atoms with van der Waals surface area (Å²) >= 11 is 0. The maximum absolute atomic E-state index is 11.7. The Morgan fingerprint density at radius 3 is 1.50 bits per heavy atom. The van der Waals surface area contributed by atoms with Crippen molar-refractivity contribution in [1.82, 2.24) is 0 Å². The molecule has 0 saturated heterocycles. The van der Waals surface area contributed by atoms with E-state index in [4.69, 9.17) is 20.0 Å². The van der Waals surface area contributed by atoms with Gasteiger partial charge in [0.2, 0.25) is 0 Å². The molecule has 1 rings (SSSR count). The summed E-state index contributed by atoms with van der Waals surface area (Å²) in [6, 6.07) is 0. The van der Waals surface area contributed by atoms with Crippen molar-refractivity contribution in [1.29, 1.82) is 0 Å². The van der Waals surface area contributed by atoms with Crippen molar-refractivity contribution in [2.75, 3.05) is 13.2 Å². The molecule has 174 valence electrons. The Balaban J connectivity index is -0.00000280. The Bertz CT molecular complexity index is 687. The van der Waals surface area contributed by atoms with Crippen molar-refractivity contribution in [3.63, 3.8) is 0 Å². The van der Waals surface area contributed by atoms with Crippen molar-refractivity contribution in [2.45, 2.75) is 42.7 Å². The molecule has 0 aromatic rings. The maximum atomic E-state index is 11.7. The molecule has 1 saturated carbocycles. The average molecular weight is 560 g/mol. The van der Waals surface area contributed by atoms with E-state index in [1.807, 2.05) is 0 Å². The van der Waals surface area contributed by atoms with E-state index in [0.717, 1.165) is 0 Å². The van der Waals surface area contributed by atoms with Gasteiger partial charge in [-0.15, -0.1) is 0 Å². The summed E-state index contributed by atoms with van der Waals surface area (Å²) in [6.45, 7) is -1.94. The van der Waals surface area contributed by atoms with Crippen LogP contribution in [0.1, 0.15) is 0 Å². The molecule has 32 heavy (non-hydrogen) atoms. The molecule has 0 bridgehead atoms. The molecule has 17 nitrogen and oxygen atoms in total. The second-order valence-corrected chi connectivity index (χ2v) is 9.36. The van der Waals surface area contributed by atoms with Crippen LogP contribution in [0.2, 0.25) is 0 Å². The molecule has 7 N–H and O–H groups in total. The quantitative estimate of drug-likeness (QED) is 0.0963. The topological polar surface area (TPSA) is 299 Å². The molecule has 0 heterocycles. The van der Waals surface area contributed by atoms with Crippen molar-refractivity contribution in [2.24, 2.45) is 0 Å². The first kappa shape index (κ1) is 39.6. The number of hydrogen-bond acceptors (Lipinski definition) is 15. The normalized spacial score (nSPS) is 34.3. The fourth-order valence-corrected chi connectivity index (χ4v) is 4.32. The van der Waals surface area contributed by atoms with Gasteiger partial charge in [0.05, 0.1) is 13.2 Å². The number of aliphatic hydroxyl groups is 5. The van der Waals surface area contributed by atoms with Gasteiger partial charge in [0, 0.05) is 0 Å². The van der Waals surface area contributed by atoms with Crippen LogP contribution >= 0.6 is 23.5 Å². The van der Waals surface area contributed by atoms with Crippen molar-refractivity contribution in [3.05, 3.63) is 0 Å². The number of phosphoric acid groups is 3. The summed E-state index contributed by atoms with van der Waals surface area (Å²) in [5, 5.41) is 47.5. The Kier molecular flexibility index (Phi) is 20.0. The zero-order valence-corrected chi connectivity index (χ0v) is 25.7. The predicted molar refractivity (Wildman–Crippen MR) is 78.9 cm³/mol. The molecule has 1 aliphatic rings. The van der Waals surface area contributed by atoms with E-state index in [9.17, 15) is 43.7 Å². The predicted octanol–water partition coefficient (Wildman–Crippen LogP) is -15.0. The monoisotopic (exact) mass is 560 g/mol. The third kappa shape index (κ3) is 13.6. The Labute approximate surface area is 247 Å². The summed E-state index contributed by atoms with van der Waals surface area (Å²) in [7, 11) is -17.0. The SMILES string of the molecule is O=P([O-])(O)O[C@@H]1[C@@H](O)[C@@H](O)[C@@H](OP(=O)([O-])OC[C@H](O)CO)[C@H](O)[C@H]1OP(=O)([O-])O.[Na+].[Na+].[Na+]. The summed E-state index contributed by atoms with van der Waals surface area (Å²) in [4.78, 5) is 51.1. The number of aliphatic hydroxyl groups excluding tert-OH is 5. The average Bonchev–Trinajstić information content (AvgIpc) is 2.56. The van der Waals surface area contributed by atoms with Crippen molar-refractivity contribution in [3.8, 4) is 0 Å². The summed E-state index contributed by atoms with van der Waals surface area (Å²) in [5.74, 6) is 0. The molecular formula is C9H18Na3O17P3. The minimum atomic E-state index is -5.78. The van der Waals surface area contributed by atoms with Crippen LogP contribution in [0.4, 0.5) is 0 Å². The van der Waals surface area contributed by atoms with Gasteiger partial charge in [0.15, 0.2) is 0 Å². The zero-order valence-electron chi connectivity index (χ0n) is 17.0. The summed E-state index contributed by atoms with van der Waals surface area (Å²) in [6.07, 6.45) is -16.9. The van der Waals surface area contributed by atoms with Gasteiger partial charge in [0.25, 0.3) is 23.5 Å². The van der Waals surface area contributed by atoms with Crippen molar-refractivity contribution >= 4 is 23.5 Å². The van der Waals surface area contributed by atoms with Gasteiger partial charge >= 0.3 is 88.7 Å². The first-order valence-corrected chi connectivity index (χ1v) is 11.8. The fraction of sp³-hybridized carbons (Fsp3) is 1.00. The van der Waals surface area contributed by atoms with E-state index in [1.165, 1.54) is 0 Å². The minimum absolute atomic E-state index is 0. The van der Waals surface area contributed by atoms with Crippen LogP contribution in [0.5, 0.6) is 0 Å². The fourth-order valence-electron chi connectivity index (χ4n) is 2.25. The first-order valence-electron chi connectivity index (χ1n) is 7.39. The molecule has 0 aromatic carbocycles. The summed E-state index contributed by atoms with van der Waals surface area (Å²) in [5.41, 5.74) is 0. The molecule has 1 aliphatic carbocycles. The molecule has 1 fully saturated rings. The van der Waals surface area contributed by atoms with E-state index in [-0.39, 0.29) is 88.7 Å². The molecular weight excluding hydrogens is 542 g/mol. The Morgan fingerprint density at radius 1 is 0.750 bits per heavy atom. The zero-order chi connectivity index (χ0) is 22.8. The molecule has 0 amide bonds.